The fourth-order valence-corrected chi connectivity index (χ4v) is 4.32. The molecule has 0 atom stereocenters. The summed E-state index contributed by atoms with van der Waals surface area (Å²) in [5.74, 6) is 0. The highest BCUT2D eigenvalue weighted by atomic mass is 32.2. The topological polar surface area (TPSA) is 53.5 Å². The van der Waals surface area contributed by atoms with Crippen molar-refractivity contribution >= 4 is 10.0 Å². The molecule has 26 heavy (non-hydrogen) atoms. The first-order valence-electron chi connectivity index (χ1n) is 8.05. The van der Waals surface area contributed by atoms with Gasteiger partial charge in [-0.3, -0.25) is 9.88 Å². The minimum absolute atomic E-state index is 0.240. The molecule has 1 saturated heterocycles. The normalized spacial score (nSPS) is 17.3. The molecule has 1 aliphatic rings. The molecule has 0 spiro atoms. The van der Waals surface area contributed by atoms with E-state index in [9.17, 15) is 21.6 Å². The zero-order valence-corrected chi connectivity index (χ0v) is 14.7. The van der Waals surface area contributed by atoms with Gasteiger partial charge in [0.25, 0.3) is 0 Å². The highest BCUT2D eigenvalue weighted by molar-refractivity contribution is 7.89. The van der Waals surface area contributed by atoms with Crippen molar-refractivity contribution < 1.29 is 21.6 Å². The van der Waals surface area contributed by atoms with E-state index in [1.54, 1.807) is 12.4 Å². The van der Waals surface area contributed by atoms with Crippen molar-refractivity contribution in [2.75, 3.05) is 26.2 Å². The predicted molar refractivity (Wildman–Crippen MR) is 89.7 cm³/mol. The van der Waals surface area contributed by atoms with Crippen molar-refractivity contribution in [3.05, 3.63) is 59.9 Å². The van der Waals surface area contributed by atoms with Crippen LogP contribution in [-0.4, -0.2) is 48.8 Å². The van der Waals surface area contributed by atoms with Gasteiger partial charge < -0.3 is 0 Å². The Morgan fingerprint density at radius 2 is 1.65 bits per heavy atom. The summed E-state index contributed by atoms with van der Waals surface area (Å²) in [5, 5.41) is 0. The van der Waals surface area contributed by atoms with Crippen LogP contribution in [0.3, 0.4) is 0 Å². The van der Waals surface area contributed by atoms with E-state index in [4.69, 9.17) is 0 Å². The molecule has 2 aromatic rings. The van der Waals surface area contributed by atoms with Gasteiger partial charge >= 0.3 is 6.18 Å². The Bertz CT molecular complexity index is 849. The summed E-state index contributed by atoms with van der Waals surface area (Å²) in [7, 11) is -3.94. The molecule has 1 aromatic carbocycles. The number of hydrogen-bond donors (Lipinski definition) is 0. The highest BCUT2D eigenvalue weighted by Gasteiger charge is 2.33. The first-order valence-corrected chi connectivity index (χ1v) is 9.49. The van der Waals surface area contributed by atoms with Crippen molar-refractivity contribution in [2.24, 2.45) is 0 Å². The smallest absolute Gasteiger partial charge is 0.296 e. The van der Waals surface area contributed by atoms with Gasteiger partial charge in [-0.15, -0.1) is 0 Å². The van der Waals surface area contributed by atoms with E-state index >= 15 is 0 Å². The van der Waals surface area contributed by atoms with Crippen LogP contribution in [0.15, 0.2) is 53.7 Å². The number of halogens is 3. The molecule has 0 saturated carbocycles. The van der Waals surface area contributed by atoms with Crippen molar-refractivity contribution in [1.29, 1.82) is 0 Å². The summed E-state index contributed by atoms with van der Waals surface area (Å²) < 4.78 is 65.1. The number of alkyl halides is 3. The fourth-order valence-electron chi connectivity index (χ4n) is 2.86. The summed E-state index contributed by atoms with van der Waals surface area (Å²) in [6, 6.07) is 7.67. The van der Waals surface area contributed by atoms with E-state index < -0.39 is 21.8 Å². The zero-order chi connectivity index (χ0) is 18.8. The van der Waals surface area contributed by atoms with Gasteiger partial charge in [-0.1, -0.05) is 6.07 Å². The van der Waals surface area contributed by atoms with Crippen LogP contribution < -0.4 is 0 Å². The third-order valence-electron chi connectivity index (χ3n) is 4.29. The molecule has 9 heteroatoms. The van der Waals surface area contributed by atoms with Crippen molar-refractivity contribution in [3.63, 3.8) is 0 Å². The molecule has 140 valence electrons. The number of hydrogen-bond acceptors (Lipinski definition) is 4. The summed E-state index contributed by atoms with van der Waals surface area (Å²) in [6.45, 7) is 2.19. The lowest BCUT2D eigenvalue weighted by atomic mass is 10.2. The molecule has 0 bridgehead atoms. The third kappa shape index (κ3) is 4.22. The van der Waals surface area contributed by atoms with Gasteiger partial charge in [0.2, 0.25) is 10.0 Å². The van der Waals surface area contributed by atoms with Crippen molar-refractivity contribution in [1.82, 2.24) is 14.2 Å². The fraction of sp³-hybridized carbons (Fsp3) is 0.353. The molecule has 3 rings (SSSR count). The zero-order valence-electron chi connectivity index (χ0n) is 13.9. The molecule has 1 aromatic heterocycles. The summed E-state index contributed by atoms with van der Waals surface area (Å²) >= 11 is 0. The lowest BCUT2D eigenvalue weighted by Gasteiger charge is -2.34. The van der Waals surface area contributed by atoms with E-state index in [1.165, 1.54) is 10.4 Å². The summed E-state index contributed by atoms with van der Waals surface area (Å²) in [4.78, 5) is 5.74. The second-order valence-electron chi connectivity index (χ2n) is 6.06. The minimum atomic E-state index is -4.57. The Morgan fingerprint density at radius 3 is 2.27 bits per heavy atom. The lowest BCUT2D eigenvalue weighted by molar-refractivity contribution is -0.137. The second kappa shape index (κ2) is 7.34. The van der Waals surface area contributed by atoms with E-state index in [0.717, 1.165) is 17.7 Å². The quantitative estimate of drug-likeness (QED) is 0.812. The number of benzene rings is 1. The van der Waals surface area contributed by atoms with Crippen LogP contribution in [0.25, 0.3) is 0 Å². The van der Waals surface area contributed by atoms with Crippen LogP contribution >= 0.6 is 0 Å². The van der Waals surface area contributed by atoms with E-state index in [-0.39, 0.29) is 18.0 Å². The van der Waals surface area contributed by atoms with Crippen LogP contribution in [0, 0.1) is 0 Å². The van der Waals surface area contributed by atoms with Gasteiger partial charge in [0.15, 0.2) is 0 Å². The summed E-state index contributed by atoms with van der Waals surface area (Å²) in [5.41, 5.74) is 0.115. The average molecular weight is 385 g/mol. The molecular formula is C17H18F3N3O2S. The number of sulfonamides is 1. The van der Waals surface area contributed by atoms with Gasteiger partial charge in [-0.25, -0.2) is 8.42 Å². The maximum atomic E-state index is 12.8. The number of rotatable bonds is 4. The van der Waals surface area contributed by atoms with Crippen LogP contribution in [-0.2, 0) is 22.7 Å². The lowest BCUT2D eigenvalue weighted by Crippen LogP contribution is -2.48. The monoisotopic (exact) mass is 385 g/mol. The molecular weight excluding hydrogens is 367 g/mol. The van der Waals surface area contributed by atoms with Crippen LogP contribution in [0.1, 0.15) is 11.1 Å². The van der Waals surface area contributed by atoms with Crippen LogP contribution in [0.4, 0.5) is 13.2 Å². The molecule has 0 aliphatic carbocycles. The van der Waals surface area contributed by atoms with Crippen LogP contribution in [0.2, 0.25) is 0 Å². The first-order chi connectivity index (χ1) is 12.3. The average Bonchev–Trinajstić information content (AvgIpc) is 2.62. The Labute approximate surface area is 150 Å². The van der Waals surface area contributed by atoms with Crippen LogP contribution in [0.5, 0.6) is 0 Å². The Hall–Kier alpha value is -1.97. The molecule has 0 amide bonds. The molecule has 0 unspecified atom stereocenters. The van der Waals surface area contributed by atoms with Gasteiger partial charge in [0, 0.05) is 45.1 Å². The molecule has 0 radical (unpaired) electrons. The standard InChI is InChI=1S/C17H18F3N3O2S/c18-17(19,20)15-2-1-3-16(12-15)26(24,25)23-10-8-22(9-11-23)13-14-4-6-21-7-5-14/h1-7,12H,8-11,13H2. The van der Waals surface area contributed by atoms with E-state index in [1.807, 2.05) is 12.1 Å². The van der Waals surface area contributed by atoms with Gasteiger partial charge in [-0.2, -0.15) is 17.5 Å². The summed E-state index contributed by atoms with van der Waals surface area (Å²) in [6.07, 6.45) is -1.18. The van der Waals surface area contributed by atoms with Gasteiger partial charge in [0.05, 0.1) is 10.5 Å². The Kier molecular flexibility index (Phi) is 5.31. The van der Waals surface area contributed by atoms with Gasteiger partial charge in [-0.05, 0) is 35.9 Å². The highest BCUT2D eigenvalue weighted by Crippen LogP contribution is 2.31. The third-order valence-corrected chi connectivity index (χ3v) is 6.18. The Balaban J connectivity index is 1.68. The molecule has 1 aliphatic heterocycles. The largest absolute Gasteiger partial charge is 0.416 e. The maximum absolute atomic E-state index is 12.8. The number of nitrogens with zero attached hydrogens (tertiary/aromatic N) is 3. The second-order valence-corrected chi connectivity index (χ2v) is 8.00. The van der Waals surface area contributed by atoms with Gasteiger partial charge in [0.1, 0.15) is 0 Å². The Morgan fingerprint density at radius 1 is 1.00 bits per heavy atom. The number of aromatic nitrogens is 1. The molecule has 0 N–H and O–H groups in total. The SMILES string of the molecule is O=S(=O)(c1cccc(C(F)(F)F)c1)N1CCN(Cc2ccncc2)CC1. The van der Waals surface area contributed by atoms with E-state index in [0.29, 0.717) is 25.7 Å². The van der Waals surface area contributed by atoms with Crippen molar-refractivity contribution in [2.45, 2.75) is 17.6 Å². The first kappa shape index (κ1) is 18.8. The number of piperazine rings is 1. The minimum Gasteiger partial charge on any atom is -0.296 e. The predicted octanol–water partition coefficient (Wildman–Crippen LogP) is 2.61. The molecule has 2 heterocycles. The van der Waals surface area contributed by atoms with E-state index in [2.05, 4.69) is 9.88 Å². The number of pyridine rings is 1. The molecule has 1 fully saturated rings. The van der Waals surface area contributed by atoms with Crippen molar-refractivity contribution in [3.8, 4) is 0 Å². The maximum Gasteiger partial charge on any atom is 0.416 e. The molecule has 5 nitrogen and oxygen atoms in total.